The number of aromatic nitrogens is 3. The van der Waals surface area contributed by atoms with Crippen LogP contribution in [0.2, 0.25) is 0 Å². The van der Waals surface area contributed by atoms with Crippen molar-refractivity contribution >= 4 is 5.95 Å². The van der Waals surface area contributed by atoms with Gasteiger partial charge in [0.1, 0.15) is 0 Å². The summed E-state index contributed by atoms with van der Waals surface area (Å²) in [6, 6.07) is 1.81. The van der Waals surface area contributed by atoms with E-state index in [9.17, 15) is 15.3 Å². The van der Waals surface area contributed by atoms with Crippen LogP contribution in [-0.2, 0) is 6.54 Å². The number of hydrogen-bond acceptors (Lipinski definition) is 7. The van der Waals surface area contributed by atoms with Gasteiger partial charge in [0, 0.05) is 61.5 Å². The van der Waals surface area contributed by atoms with E-state index in [0.29, 0.717) is 6.54 Å². The number of aliphatic hydroxyl groups is 1. The number of fused-ring (bicyclic) bond motifs is 5. The molecule has 1 saturated heterocycles. The Bertz CT molecular complexity index is 877. The fourth-order valence-corrected chi connectivity index (χ4v) is 5.04. The molecule has 3 atom stereocenters. The van der Waals surface area contributed by atoms with Crippen LogP contribution in [0.25, 0.3) is 0 Å². The minimum absolute atomic E-state index is 0.108. The van der Waals surface area contributed by atoms with Gasteiger partial charge in [0.05, 0.1) is 12.6 Å². The van der Waals surface area contributed by atoms with Crippen LogP contribution in [0.4, 0.5) is 5.95 Å². The molecule has 2 aromatic heterocycles. The predicted octanol–water partition coefficient (Wildman–Crippen LogP) is 1.40. The van der Waals surface area contributed by atoms with Crippen molar-refractivity contribution in [1.82, 2.24) is 19.4 Å². The van der Waals surface area contributed by atoms with E-state index < -0.39 is 6.10 Å². The maximum Gasteiger partial charge on any atom is 0.225 e. The van der Waals surface area contributed by atoms with Crippen LogP contribution in [0.15, 0.2) is 30.6 Å². The van der Waals surface area contributed by atoms with E-state index in [-0.39, 0.29) is 30.1 Å². The molecule has 3 N–H and O–H groups in total. The molecule has 8 heteroatoms. The standard InChI is InChI=1S/C21H27N5O3/c27-16(12-24-7-2-8-25(10-9-24)21-22-5-1-6-23-21)13-26-19(28)17-14-3-4-15(11-14)18(17)20(26)29/h1,3-6,14-16,27-29H,2,7-13H2/t14-,15?,16?/m0/s1. The van der Waals surface area contributed by atoms with Gasteiger partial charge in [0.15, 0.2) is 11.8 Å². The first-order valence-corrected chi connectivity index (χ1v) is 10.4. The van der Waals surface area contributed by atoms with Crippen molar-refractivity contribution in [2.24, 2.45) is 0 Å². The summed E-state index contributed by atoms with van der Waals surface area (Å²) in [7, 11) is 0. The van der Waals surface area contributed by atoms with Gasteiger partial charge in [-0.2, -0.15) is 0 Å². The number of allylic oxidation sites excluding steroid dienone is 2. The molecule has 2 unspecified atom stereocenters. The Morgan fingerprint density at radius 3 is 2.31 bits per heavy atom. The Labute approximate surface area is 169 Å². The van der Waals surface area contributed by atoms with Gasteiger partial charge in [-0.15, -0.1) is 0 Å². The van der Waals surface area contributed by atoms with Gasteiger partial charge in [-0.25, -0.2) is 9.97 Å². The molecule has 3 heterocycles. The molecule has 2 aliphatic carbocycles. The lowest BCUT2D eigenvalue weighted by atomic mass is 10.0. The summed E-state index contributed by atoms with van der Waals surface area (Å²) in [6.45, 7) is 4.07. The lowest BCUT2D eigenvalue weighted by Crippen LogP contribution is -2.37. The highest BCUT2D eigenvalue weighted by molar-refractivity contribution is 5.58. The SMILES string of the molecule is Oc1c2c(c(O)n1CC(O)CN1CCCN(c3ncccn3)CC1)[C@H]1C=CC2C1. The molecule has 0 saturated carbocycles. The van der Waals surface area contributed by atoms with Crippen molar-refractivity contribution in [1.29, 1.82) is 0 Å². The number of β-amino-alcohol motifs (C(OH)–C–C–N with tert-alkyl or cyclic N) is 1. The van der Waals surface area contributed by atoms with Gasteiger partial charge in [-0.05, 0) is 25.5 Å². The van der Waals surface area contributed by atoms with E-state index in [0.717, 1.165) is 56.1 Å². The molecule has 0 spiro atoms. The zero-order valence-corrected chi connectivity index (χ0v) is 16.4. The zero-order valence-electron chi connectivity index (χ0n) is 16.4. The van der Waals surface area contributed by atoms with Gasteiger partial charge in [0.2, 0.25) is 5.95 Å². The van der Waals surface area contributed by atoms with Crippen molar-refractivity contribution in [2.75, 3.05) is 37.6 Å². The number of aromatic hydroxyl groups is 2. The third-order valence-electron chi connectivity index (χ3n) is 6.39. The lowest BCUT2D eigenvalue weighted by molar-refractivity contribution is 0.0965. The van der Waals surface area contributed by atoms with Gasteiger partial charge in [0.25, 0.3) is 0 Å². The molecular weight excluding hydrogens is 370 g/mol. The normalized spacial score (nSPS) is 24.7. The maximum atomic E-state index is 10.7. The van der Waals surface area contributed by atoms with Crippen LogP contribution in [0.1, 0.15) is 35.8 Å². The molecule has 154 valence electrons. The first-order chi connectivity index (χ1) is 14.1. The number of aliphatic hydroxyl groups excluding tert-OH is 1. The average Bonchev–Trinajstić information content (AvgIpc) is 3.35. The zero-order chi connectivity index (χ0) is 20.0. The minimum Gasteiger partial charge on any atom is -0.494 e. The second-order valence-electron chi connectivity index (χ2n) is 8.26. The highest BCUT2D eigenvalue weighted by atomic mass is 16.3. The van der Waals surface area contributed by atoms with Crippen LogP contribution in [0, 0.1) is 0 Å². The summed E-state index contributed by atoms with van der Waals surface area (Å²) in [4.78, 5) is 13.1. The molecule has 2 bridgehead atoms. The summed E-state index contributed by atoms with van der Waals surface area (Å²) in [5, 5.41) is 32.0. The van der Waals surface area contributed by atoms with Crippen LogP contribution in [0.3, 0.4) is 0 Å². The van der Waals surface area contributed by atoms with E-state index in [1.807, 2.05) is 6.07 Å². The molecule has 1 aliphatic heterocycles. The van der Waals surface area contributed by atoms with Crippen LogP contribution < -0.4 is 4.90 Å². The van der Waals surface area contributed by atoms with Crippen molar-refractivity contribution in [3.8, 4) is 11.8 Å². The van der Waals surface area contributed by atoms with Gasteiger partial charge >= 0.3 is 0 Å². The number of hydrogen-bond donors (Lipinski definition) is 3. The van der Waals surface area contributed by atoms with E-state index in [1.165, 1.54) is 4.57 Å². The number of nitrogens with zero attached hydrogens (tertiary/aromatic N) is 5. The van der Waals surface area contributed by atoms with Gasteiger partial charge in [-0.1, -0.05) is 12.2 Å². The Morgan fingerprint density at radius 2 is 1.62 bits per heavy atom. The highest BCUT2D eigenvalue weighted by Crippen LogP contribution is 2.56. The van der Waals surface area contributed by atoms with Gasteiger partial charge in [-0.3, -0.25) is 9.47 Å². The van der Waals surface area contributed by atoms with Crippen molar-refractivity contribution in [3.05, 3.63) is 41.7 Å². The minimum atomic E-state index is -0.676. The molecule has 0 radical (unpaired) electrons. The third kappa shape index (κ3) is 3.26. The summed E-state index contributed by atoms with van der Waals surface area (Å²) < 4.78 is 1.48. The fraction of sp³-hybridized carbons (Fsp3) is 0.524. The number of rotatable bonds is 5. The summed E-state index contributed by atoms with van der Waals surface area (Å²) in [5.74, 6) is 1.34. The van der Waals surface area contributed by atoms with E-state index in [4.69, 9.17) is 0 Å². The van der Waals surface area contributed by atoms with Crippen LogP contribution >= 0.6 is 0 Å². The predicted molar refractivity (Wildman–Crippen MR) is 108 cm³/mol. The first-order valence-electron chi connectivity index (χ1n) is 10.4. The third-order valence-corrected chi connectivity index (χ3v) is 6.39. The van der Waals surface area contributed by atoms with E-state index in [2.05, 4.69) is 31.9 Å². The lowest BCUT2D eigenvalue weighted by Gasteiger charge is -2.24. The summed E-state index contributed by atoms with van der Waals surface area (Å²) in [6.07, 6.45) is 8.94. The number of anilines is 1. The second kappa shape index (κ2) is 7.35. The maximum absolute atomic E-state index is 10.7. The Balaban J connectivity index is 1.22. The van der Waals surface area contributed by atoms with E-state index >= 15 is 0 Å². The van der Waals surface area contributed by atoms with Crippen LogP contribution in [-0.4, -0.2) is 73.6 Å². The summed E-state index contributed by atoms with van der Waals surface area (Å²) >= 11 is 0. The van der Waals surface area contributed by atoms with Crippen molar-refractivity contribution < 1.29 is 15.3 Å². The Morgan fingerprint density at radius 1 is 0.931 bits per heavy atom. The molecule has 8 nitrogen and oxygen atoms in total. The average molecular weight is 397 g/mol. The molecule has 2 aromatic rings. The molecular formula is C21H27N5O3. The van der Waals surface area contributed by atoms with Crippen molar-refractivity contribution in [3.63, 3.8) is 0 Å². The second-order valence-corrected chi connectivity index (χ2v) is 8.26. The molecule has 29 heavy (non-hydrogen) atoms. The van der Waals surface area contributed by atoms with E-state index in [1.54, 1.807) is 12.4 Å². The molecule has 3 aliphatic rings. The summed E-state index contributed by atoms with van der Waals surface area (Å²) in [5.41, 5.74) is 1.69. The molecule has 0 amide bonds. The monoisotopic (exact) mass is 397 g/mol. The topological polar surface area (TPSA) is 97.9 Å². The van der Waals surface area contributed by atoms with Crippen LogP contribution in [0.5, 0.6) is 11.8 Å². The fourth-order valence-electron chi connectivity index (χ4n) is 5.04. The smallest absolute Gasteiger partial charge is 0.225 e. The van der Waals surface area contributed by atoms with Crippen molar-refractivity contribution in [2.45, 2.75) is 37.3 Å². The molecule has 5 rings (SSSR count). The quantitative estimate of drug-likeness (QED) is 0.656. The first kappa shape index (κ1) is 18.4. The molecule has 0 aromatic carbocycles. The molecule has 1 fully saturated rings. The highest BCUT2D eigenvalue weighted by Gasteiger charge is 2.41. The Hall–Kier alpha value is -2.58. The van der Waals surface area contributed by atoms with Gasteiger partial charge < -0.3 is 20.2 Å². The largest absolute Gasteiger partial charge is 0.494 e. The Kier molecular flexibility index (Phi) is 4.67.